The van der Waals surface area contributed by atoms with Crippen LogP contribution in [0.2, 0.25) is 5.02 Å². The van der Waals surface area contributed by atoms with Gasteiger partial charge < -0.3 is 5.73 Å². The summed E-state index contributed by atoms with van der Waals surface area (Å²) in [7, 11) is 0. The van der Waals surface area contributed by atoms with Crippen molar-refractivity contribution < 1.29 is 0 Å². The summed E-state index contributed by atoms with van der Waals surface area (Å²) in [5, 5.41) is 5.52. The highest BCUT2D eigenvalue weighted by Gasteiger charge is 2.16. The molecule has 0 unspecified atom stereocenters. The minimum atomic E-state index is 0.609. The van der Waals surface area contributed by atoms with Crippen molar-refractivity contribution in [1.29, 1.82) is 0 Å². The van der Waals surface area contributed by atoms with E-state index in [1.165, 1.54) is 26.6 Å². The van der Waals surface area contributed by atoms with Crippen LogP contribution in [-0.2, 0) is 19.4 Å². The third kappa shape index (κ3) is 4.14. The number of benzene rings is 2. The molecule has 136 valence electrons. The third-order valence-corrected chi connectivity index (χ3v) is 5.77. The Balaban J connectivity index is 1.86. The van der Waals surface area contributed by atoms with E-state index in [0.717, 1.165) is 30.1 Å². The molecule has 1 heterocycles. The molecule has 5 heteroatoms. The van der Waals surface area contributed by atoms with Crippen LogP contribution in [0.15, 0.2) is 58.3 Å². The maximum atomic E-state index is 5.98. The van der Waals surface area contributed by atoms with Crippen molar-refractivity contribution in [3.63, 3.8) is 0 Å². The first-order valence-electron chi connectivity index (χ1n) is 8.98. The molecule has 0 atom stereocenters. The van der Waals surface area contributed by atoms with Crippen molar-refractivity contribution in [1.82, 2.24) is 9.78 Å². The summed E-state index contributed by atoms with van der Waals surface area (Å²) < 4.78 is 2.07. The minimum Gasteiger partial charge on any atom is -0.329 e. The van der Waals surface area contributed by atoms with Gasteiger partial charge in [-0.05, 0) is 48.2 Å². The molecule has 2 aromatic carbocycles. The van der Waals surface area contributed by atoms with Gasteiger partial charge in [-0.2, -0.15) is 5.10 Å². The van der Waals surface area contributed by atoms with Crippen molar-refractivity contribution in [2.24, 2.45) is 5.73 Å². The fraction of sp³-hybridized carbons (Fsp3) is 0.286. The fourth-order valence-electron chi connectivity index (χ4n) is 3.01. The molecule has 0 aliphatic carbocycles. The van der Waals surface area contributed by atoms with Crippen molar-refractivity contribution in [3.8, 4) is 11.1 Å². The molecule has 0 aliphatic rings. The van der Waals surface area contributed by atoms with Gasteiger partial charge in [-0.25, -0.2) is 0 Å². The molecule has 0 fully saturated rings. The van der Waals surface area contributed by atoms with E-state index < -0.39 is 0 Å². The second-order valence-electron chi connectivity index (χ2n) is 6.07. The normalized spacial score (nSPS) is 11.1. The molecular weight excluding hydrogens is 362 g/mol. The molecule has 2 N–H and O–H groups in total. The van der Waals surface area contributed by atoms with Gasteiger partial charge in [0.2, 0.25) is 0 Å². The van der Waals surface area contributed by atoms with Crippen LogP contribution in [0, 0.1) is 0 Å². The van der Waals surface area contributed by atoms with Gasteiger partial charge in [-0.3, -0.25) is 4.68 Å². The molecule has 0 aliphatic heterocycles. The number of nitrogens with zero attached hydrogens (tertiary/aromatic N) is 2. The zero-order chi connectivity index (χ0) is 18.5. The second kappa shape index (κ2) is 8.76. The second-order valence-corrected chi connectivity index (χ2v) is 7.59. The van der Waals surface area contributed by atoms with Gasteiger partial charge in [0.15, 0.2) is 0 Å². The SMILES string of the molecule is CCc1nn(CCN)c(CC)c1Sc1ccc(-c2ccc(Cl)cc2)cc1. The molecule has 1 aromatic heterocycles. The van der Waals surface area contributed by atoms with E-state index in [4.69, 9.17) is 22.4 Å². The number of hydrogen-bond acceptors (Lipinski definition) is 3. The van der Waals surface area contributed by atoms with E-state index in [9.17, 15) is 0 Å². The van der Waals surface area contributed by atoms with Crippen molar-refractivity contribution in [2.75, 3.05) is 6.54 Å². The Labute approximate surface area is 164 Å². The number of nitrogens with two attached hydrogens (primary N) is 1. The van der Waals surface area contributed by atoms with Crippen LogP contribution in [0.25, 0.3) is 11.1 Å². The molecule has 0 amide bonds. The quantitative estimate of drug-likeness (QED) is 0.589. The lowest BCUT2D eigenvalue weighted by Gasteiger charge is -2.08. The summed E-state index contributed by atoms with van der Waals surface area (Å²) in [5.74, 6) is 0. The zero-order valence-corrected chi connectivity index (χ0v) is 16.8. The van der Waals surface area contributed by atoms with Gasteiger partial charge in [0.05, 0.1) is 22.8 Å². The minimum absolute atomic E-state index is 0.609. The van der Waals surface area contributed by atoms with Crippen LogP contribution in [0.4, 0.5) is 0 Å². The number of halogens is 1. The molecule has 3 aromatic rings. The Morgan fingerprint density at radius 1 is 0.962 bits per heavy atom. The van der Waals surface area contributed by atoms with E-state index in [1.54, 1.807) is 11.8 Å². The van der Waals surface area contributed by atoms with Crippen molar-refractivity contribution in [3.05, 3.63) is 64.9 Å². The Hall–Kier alpha value is -1.75. The first-order valence-corrected chi connectivity index (χ1v) is 10.2. The zero-order valence-electron chi connectivity index (χ0n) is 15.2. The largest absolute Gasteiger partial charge is 0.329 e. The van der Waals surface area contributed by atoms with E-state index >= 15 is 0 Å². The molecule has 3 rings (SSSR count). The standard InChI is InChI=1S/C21H24ClN3S/c1-3-19-21(20(4-2)25(24-19)14-13-23)26-18-11-7-16(8-12-18)15-5-9-17(22)10-6-15/h5-12H,3-4,13-14,23H2,1-2H3. The van der Waals surface area contributed by atoms with Crippen LogP contribution in [-0.4, -0.2) is 16.3 Å². The average Bonchev–Trinajstić information content (AvgIpc) is 2.99. The van der Waals surface area contributed by atoms with Crippen LogP contribution in [0.5, 0.6) is 0 Å². The number of hydrogen-bond donors (Lipinski definition) is 1. The highest BCUT2D eigenvalue weighted by Crippen LogP contribution is 2.35. The maximum absolute atomic E-state index is 5.98. The monoisotopic (exact) mass is 385 g/mol. The van der Waals surface area contributed by atoms with Gasteiger partial charge in [0.1, 0.15) is 0 Å². The van der Waals surface area contributed by atoms with E-state index in [-0.39, 0.29) is 0 Å². The molecule has 0 saturated heterocycles. The van der Waals surface area contributed by atoms with E-state index in [2.05, 4.69) is 42.8 Å². The summed E-state index contributed by atoms with van der Waals surface area (Å²) in [6.45, 7) is 5.71. The summed E-state index contributed by atoms with van der Waals surface area (Å²) >= 11 is 7.77. The van der Waals surface area contributed by atoms with E-state index in [1.807, 2.05) is 24.3 Å². The predicted molar refractivity (Wildman–Crippen MR) is 111 cm³/mol. The Morgan fingerprint density at radius 3 is 2.12 bits per heavy atom. The van der Waals surface area contributed by atoms with Crippen LogP contribution >= 0.6 is 23.4 Å². The smallest absolute Gasteiger partial charge is 0.0764 e. The van der Waals surface area contributed by atoms with Crippen LogP contribution < -0.4 is 5.73 Å². The molecule has 0 spiro atoms. The Morgan fingerprint density at radius 2 is 1.58 bits per heavy atom. The van der Waals surface area contributed by atoms with Gasteiger partial charge in [-0.15, -0.1) is 0 Å². The first kappa shape index (κ1) is 19.0. The predicted octanol–water partition coefficient (Wildman–Crippen LogP) is 5.44. The molecule has 3 nitrogen and oxygen atoms in total. The average molecular weight is 386 g/mol. The highest BCUT2D eigenvalue weighted by atomic mass is 35.5. The summed E-state index contributed by atoms with van der Waals surface area (Å²) in [6.07, 6.45) is 1.88. The summed E-state index contributed by atoms with van der Waals surface area (Å²) in [4.78, 5) is 2.50. The molecule has 0 radical (unpaired) electrons. The first-order chi connectivity index (χ1) is 12.7. The molecule has 0 saturated carbocycles. The topological polar surface area (TPSA) is 43.8 Å². The van der Waals surface area contributed by atoms with Crippen LogP contribution in [0.1, 0.15) is 25.2 Å². The molecule has 0 bridgehead atoms. The number of rotatable bonds is 7. The number of aryl methyl sites for hydroxylation is 1. The lowest BCUT2D eigenvalue weighted by Crippen LogP contribution is -2.13. The lowest BCUT2D eigenvalue weighted by molar-refractivity contribution is 0.589. The summed E-state index contributed by atoms with van der Waals surface area (Å²) in [6, 6.07) is 16.6. The van der Waals surface area contributed by atoms with Crippen LogP contribution in [0.3, 0.4) is 0 Å². The highest BCUT2D eigenvalue weighted by molar-refractivity contribution is 7.99. The van der Waals surface area contributed by atoms with Crippen molar-refractivity contribution in [2.45, 2.75) is 43.0 Å². The molecule has 26 heavy (non-hydrogen) atoms. The van der Waals surface area contributed by atoms with Gasteiger partial charge >= 0.3 is 0 Å². The third-order valence-electron chi connectivity index (χ3n) is 4.34. The van der Waals surface area contributed by atoms with Gasteiger partial charge in [-0.1, -0.05) is 61.5 Å². The maximum Gasteiger partial charge on any atom is 0.0764 e. The van der Waals surface area contributed by atoms with E-state index in [0.29, 0.717) is 6.54 Å². The van der Waals surface area contributed by atoms with Gasteiger partial charge in [0, 0.05) is 16.5 Å². The van der Waals surface area contributed by atoms with Gasteiger partial charge in [0.25, 0.3) is 0 Å². The fourth-order valence-corrected chi connectivity index (χ4v) is 4.31. The molecular formula is C21H24ClN3S. The lowest BCUT2D eigenvalue weighted by atomic mass is 10.1. The Kier molecular flexibility index (Phi) is 6.41. The Bertz CT molecular complexity index is 854. The number of aromatic nitrogens is 2. The van der Waals surface area contributed by atoms with Crippen molar-refractivity contribution >= 4 is 23.4 Å². The summed E-state index contributed by atoms with van der Waals surface area (Å²) in [5.41, 5.74) is 10.5.